The molecule has 0 fully saturated rings. The summed E-state index contributed by atoms with van der Waals surface area (Å²) in [6.07, 6.45) is 0.234. The SMILES string of the molecule is CCOC(=O)CCC(=O)N(CCO)C(C)C. The maximum Gasteiger partial charge on any atom is 0.306 e. The number of aliphatic hydroxyl groups excluding tert-OH is 1. The number of nitrogens with zero attached hydrogens (tertiary/aromatic N) is 1. The van der Waals surface area contributed by atoms with Gasteiger partial charge in [-0.2, -0.15) is 0 Å². The molecule has 0 aromatic carbocycles. The zero-order valence-corrected chi connectivity index (χ0v) is 10.2. The second kappa shape index (κ2) is 8.10. The van der Waals surface area contributed by atoms with E-state index < -0.39 is 0 Å². The standard InChI is InChI=1S/C11H21NO4/c1-4-16-11(15)6-5-10(14)12(7-8-13)9(2)3/h9,13H,4-8H2,1-3H3. The van der Waals surface area contributed by atoms with Crippen molar-refractivity contribution in [1.82, 2.24) is 4.90 Å². The second-order valence-electron chi connectivity index (χ2n) is 3.71. The van der Waals surface area contributed by atoms with Crippen molar-refractivity contribution in [2.75, 3.05) is 19.8 Å². The van der Waals surface area contributed by atoms with Gasteiger partial charge in [0.2, 0.25) is 5.91 Å². The van der Waals surface area contributed by atoms with Crippen molar-refractivity contribution in [3.63, 3.8) is 0 Å². The molecule has 0 aromatic rings. The van der Waals surface area contributed by atoms with Crippen molar-refractivity contribution in [2.24, 2.45) is 0 Å². The molecule has 0 saturated heterocycles. The lowest BCUT2D eigenvalue weighted by Gasteiger charge is -2.25. The number of carbonyl (C=O) groups is 2. The van der Waals surface area contributed by atoms with Crippen molar-refractivity contribution >= 4 is 11.9 Å². The summed E-state index contributed by atoms with van der Waals surface area (Å²) in [5.41, 5.74) is 0. The van der Waals surface area contributed by atoms with Gasteiger partial charge in [-0.05, 0) is 20.8 Å². The number of ether oxygens (including phenoxy) is 1. The van der Waals surface area contributed by atoms with Crippen LogP contribution >= 0.6 is 0 Å². The Morgan fingerprint density at radius 1 is 1.31 bits per heavy atom. The van der Waals surface area contributed by atoms with Crippen LogP contribution in [0.5, 0.6) is 0 Å². The van der Waals surface area contributed by atoms with Crippen molar-refractivity contribution in [2.45, 2.75) is 39.7 Å². The topological polar surface area (TPSA) is 66.8 Å². The van der Waals surface area contributed by atoms with Gasteiger partial charge in [0.25, 0.3) is 0 Å². The van der Waals surface area contributed by atoms with E-state index in [1.54, 1.807) is 11.8 Å². The van der Waals surface area contributed by atoms with Gasteiger partial charge < -0.3 is 14.7 Å². The summed E-state index contributed by atoms with van der Waals surface area (Å²) >= 11 is 0. The maximum absolute atomic E-state index is 11.7. The van der Waals surface area contributed by atoms with E-state index >= 15 is 0 Å². The van der Waals surface area contributed by atoms with Crippen LogP contribution in [0.3, 0.4) is 0 Å². The van der Waals surface area contributed by atoms with Crippen LogP contribution in [0, 0.1) is 0 Å². The Hall–Kier alpha value is -1.10. The summed E-state index contributed by atoms with van der Waals surface area (Å²) in [4.78, 5) is 24.3. The molecule has 0 saturated carbocycles. The van der Waals surface area contributed by atoms with Gasteiger partial charge in [-0.25, -0.2) is 0 Å². The summed E-state index contributed by atoms with van der Waals surface area (Å²) in [5, 5.41) is 8.81. The molecule has 0 heterocycles. The molecule has 0 atom stereocenters. The van der Waals surface area contributed by atoms with Crippen molar-refractivity contribution in [3.8, 4) is 0 Å². The molecule has 0 rings (SSSR count). The lowest BCUT2D eigenvalue weighted by Crippen LogP contribution is -2.39. The number of amides is 1. The first-order chi connectivity index (χ1) is 7.52. The van der Waals surface area contributed by atoms with E-state index in [1.807, 2.05) is 13.8 Å². The molecule has 0 aliphatic heterocycles. The molecule has 1 N–H and O–H groups in total. The zero-order valence-electron chi connectivity index (χ0n) is 10.2. The Kier molecular flexibility index (Phi) is 7.54. The van der Waals surface area contributed by atoms with Crippen LogP contribution in [0.15, 0.2) is 0 Å². The molecule has 0 unspecified atom stereocenters. The minimum Gasteiger partial charge on any atom is -0.466 e. The van der Waals surface area contributed by atoms with Gasteiger partial charge in [0.1, 0.15) is 0 Å². The van der Waals surface area contributed by atoms with E-state index in [-0.39, 0.29) is 37.4 Å². The summed E-state index contributed by atoms with van der Waals surface area (Å²) in [6.45, 7) is 6.04. The third-order valence-corrected chi connectivity index (χ3v) is 2.13. The molecule has 0 radical (unpaired) electrons. The lowest BCUT2D eigenvalue weighted by atomic mass is 10.2. The van der Waals surface area contributed by atoms with E-state index in [0.717, 1.165) is 0 Å². The van der Waals surface area contributed by atoms with Crippen LogP contribution in [-0.4, -0.2) is 47.7 Å². The lowest BCUT2D eigenvalue weighted by molar-refractivity contribution is -0.146. The van der Waals surface area contributed by atoms with Crippen molar-refractivity contribution < 1.29 is 19.4 Å². The van der Waals surface area contributed by atoms with Crippen LogP contribution in [0.4, 0.5) is 0 Å². The Labute approximate surface area is 96.4 Å². The molecule has 94 valence electrons. The molecule has 0 aliphatic carbocycles. The first-order valence-electron chi connectivity index (χ1n) is 5.58. The van der Waals surface area contributed by atoms with Gasteiger partial charge in [-0.1, -0.05) is 0 Å². The molecule has 0 aliphatic rings. The Morgan fingerprint density at radius 2 is 1.94 bits per heavy atom. The molecule has 0 aromatic heterocycles. The highest BCUT2D eigenvalue weighted by atomic mass is 16.5. The Balaban J connectivity index is 4.05. The van der Waals surface area contributed by atoms with Crippen LogP contribution in [0.1, 0.15) is 33.6 Å². The highest BCUT2D eigenvalue weighted by molar-refractivity contribution is 5.81. The van der Waals surface area contributed by atoms with Gasteiger partial charge in [-0.15, -0.1) is 0 Å². The molecule has 1 amide bonds. The van der Waals surface area contributed by atoms with Crippen LogP contribution in [0.25, 0.3) is 0 Å². The highest BCUT2D eigenvalue weighted by Crippen LogP contribution is 2.04. The average molecular weight is 231 g/mol. The zero-order chi connectivity index (χ0) is 12.6. The van der Waals surface area contributed by atoms with E-state index in [9.17, 15) is 9.59 Å². The van der Waals surface area contributed by atoms with Gasteiger partial charge >= 0.3 is 5.97 Å². The smallest absolute Gasteiger partial charge is 0.306 e. The number of rotatable bonds is 7. The normalized spacial score (nSPS) is 10.3. The van der Waals surface area contributed by atoms with Crippen LogP contribution < -0.4 is 0 Å². The predicted octanol–water partition coefficient (Wildman–Crippen LogP) is 0.559. The molecule has 16 heavy (non-hydrogen) atoms. The fraction of sp³-hybridized carbons (Fsp3) is 0.818. The number of hydrogen-bond donors (Lipinski definition) is 1. The molecule has 0 bridgehead atoms. The molecular weight excluding hydrogens is 210 g/mol. The fourth-order valence-corrected chi connectivity index (χ4v) is 1.36. The molecule has 5 nitrogen and oxygen atoms in total. The summed E-state index contributed by atoms with van der Waals surface area (Å²) in [5.74, 6) is -0.486. The second-order valence-corrected chi connectivity index (χ2v) is 3.71. The van der Waals surface area contributed by atoms with Gasteiger partial charge in [-0.3, -0.25) is 9.59 Å². The van der Waals surface area contributed by atoms with Crippen LogP contribution in [0.2, 0.25) is 0 Å². The van der Waals surface area contributed by atoms with Crippen molar-refractivity contribution in [3.05, 3.63) is 0 Å². The maximum atomic E-state index is 11.7. The monoisotopic (exact) mass is 231 g/mol. The van der Waals surface area contributed by atoms with E-state index in [0.29, 0.717) is 13.2 Å². The minimum absolute atomic E-state index is 0.0295. The number of aliphatic hydroxyl groups is 1. The van der Waals surface area contributed by atoms with Crippen LogP contribution in [-0.2, 0) is 14.3 Å². The quantitative estimate of drug-likeness (QED) is 0.650. The number of esters is 1. The summed E-state index contributed by atoms with van der Waals surface area (Å²) in [6, 6.07) is 0.0295. The largest absolute Gasteiger partial charge is 0.466 e. The molecule has 5 heteroatoms. The van der Waals surface area contributed by atoms with E-state index in [1.165, 1.54) is 0 Å². The minimum atomic E-state index is -0.358. The third-order valence-electron chi connectivity index (χ3n) is 2.13. The highest BCUT2D eigenvalue weighted by Gasteiger charge is 2.17. The fourth-order valence-electron chi connectivity index (χ4n) is 1.36. The summed E-state index contributed by atoms with van der Waals surface area (Å²) < 4.78 is 4.73. The molecular formula is C11H21NO4. The number of hydrogen-bond acceptors (Lipinski definition) is 4. The number of carbonyl (C=O) groups excluding carboxylic acids is 2. The predicted molar refractivity (Wildman–Crippen MR) is 59.8 cm³/mol. The van der Waals surface area contributed by atoms with E-state index in [4.69, 9.17) is 9.84 Å². The first kappa shape index (κ1) is 14.9. The summed E-state index contributed by atoms with van der Waals surface area (Å²) in [7, 11) is 0. The molecule has 0 spiro atoms. The first-order valence-corrected chi connectivity index (χ1v) is 5.58. The average Bonchev–Trinajstić information content (AvgIpc) is 2.22. The van der Waals surface area contributed by atoms with Crippen molar-refractivity contribution in [1.29, 1.82) is 0 Å². The Morgan fingerprint density at radius 3 is 2.38 bits per heavy atom. The van der Waals surface area contributed by atoms with Gasteiger partial charge in [0.05, 0.1) is 19.6 Å². The van der Waals surface area contributed by atoms with Gasteiger partial charge in [0, 0.05) is 19.0 Å². The Bertz CT molecular complexity index is 228. The van der Waals surface area contributed by atoms with E-state index in [2.05, 4.69) is 0 Å². The van der Waals surface area contributed by atoms with Gasteiger partial charge in [0.15, 0.2) is 0 Å². The third kappa shape index (κ3) is 5.70.